The molecular formula is C25H23N3O4. The summed E-state index contributed by atoms with van der Waals surface area (Å²) in [5.74, 6) is 0.544. The minimum atomic E-state index is -0.605. The maximum Gasteiger partial charge on any atom is 0.255 e. The van der Waals surface area contributed by atoms with Gasteiger partial charge >= 0.3 is 0 Å². The lowest BCUT2D eigenvalue weighted by Crippen LogP contribution is -2.52. The second kappa shape index (κ2) is 8.07. The molecule has 162 valence electrons. The summed E-state index contributed by atoms with van der Waals surface area (Å²) in [6.07, 6.45) is 3.71. The largest absolute Gasteiger partial charge is 0.441 e. The fourth-order valence-electron chi connectivity index (χ4n) is 4.39. The second-order valence-electron chi connectivity index (χ2n) is 8.34. The number of carbonyl (C=O) groups excluding carboxylic acids is 3. The Bertz CT molecular complexity index is 1210. The van der Waals surface area contributed by atoms with E-state index in [1.807, 2.05) is 43.3 Å². The van der Waals surface area contributed by atoms with Crippen LogP contribution in [0.1, 0.15) is 45.7 Å². The van der Waals surface area contributed by atoms with Gasteiger partial charge in [0.05, 0.1) is 6.20 Å². The quantitative estimate of drug-likeness (QED) is 0.629. The zero-order valence-electron chi connectivity index (χ0n) is 17.8. The molecule has 0 saturated carbocycles. The first-order chi connectivity index (χ1) is 15.5. The molecule has 1 aromatic heterocycles. The number of aryl methyl sites for hydroxylation is 3. The number of imide groups is 1. The second-order valence-corrected chi connectivity index (χ2v) is 8.34. The van der Waals surface area contributed by atoms with E-state index in [1.54, 1.807) is 17.2 Å². The first kappa shape index (κ1) is 20.2. The molecule has 1 atom stereocenters. The Hall–Kier alpha value is -3.74. The molecule has 7 nitrogen and oxygen atoms in total. The van der Waals surface area contributed by atoms with E-state index in [4.69, 9.17) is 4.42 Å². The monoisotopic (exact) mass is 429 g/mol. The molecule has 32 heavy (non-hydrogen) atoms. The van der Waals surface area contributed by atoms with Crippen molar-refractivity contribution in [3.63, 3.8) is 0 Å². The number of hydrogen-bond acceptors (Lipinski definition) is 5. The SMILES string of the molecule is Cc1ccc(-c2ncc(CCc3cccc4c3CN(C3CCC(=O)NC3=O)C4=O)o2)cc1. The van der Waals surface area contributed by atoms with E-state index in [-0.39, 0.29) is 18.2 Å². The molecule has 3 aromatic rings. The van der Waals surface area contributed by atoms with Crippen molar-refractivity contribution in [2.45, 2.75) is 45.2 Å². The molecule has 2 aromatic carbocycles. The highest BCUT2D eigenvalue weighted by molar-refractivity contribution is 6.05. The number of nitrogens with zero attached hydrogens (tertiary/aromatic N) is 2. The van der Waals surface area contributed by atoms with Gasteiger partial charge in [-0.05, 0) is 49.1 Å². The molecule has 1 N–H and O–H groups in total. The van der Waals surface area contributed by atoms with Crippen molar-refractivity contribution < 1.29 is 18.8 Å². The third-order valence-electron chi connectivity index (χ3n) is 6.17. The van der Waals surface area contributed by atoms with Crippen LogP contribution < -0.4 is 5.32 Å². The zero-order valence-corrected chi connectivity index (χ0v) is 17.8. The highest BCUT2D eigenvalue weighted by Gasteiger charge is 2.39. The minimum Gasteiger partial charge on any atom is -0.441 e. The van der Waals surface area contributed by atoms with E-state index in [2.05, 4.69) is 10.3 Å². The molecule has 1 saturated heterocycles. The number of hydrogen-bond donors (Lipinski definition) is 1. The standard InChI is InChI=1S/C25H23N3O4/c1-15-5-7-17(8-6-15)24-26-13-18(32-24)10-9-16-3-2-4-19-20(16)14-28(25(19)31)21-11-12-22(29)27-23(21)30/h2-8,13,21H,9-12,14H2,1H3,(H,27,29,30). The molecule has 0 aliphatic carbocycles. The maximum absolute atomic E-state index is 13.0. The van der Waals surface area contributed by atoms with Crippen molar-refractivity contribution in [1.29, 1.82) is 0 Å². The fourth-order valence-corrected chi connectivity index (χ4v) is 4.39. The summed E-state index contributed by atoms with van der Waals surface area (Å²) in [5.41, 5.74) is 4.75. The number of oxazole rings is 1. The fraction of sp³-hybridized carbons (Fsp3) is 0.280. The van der Waals surface area contributed by atoms with Crippen LogP contribution in [0.5, 0.6) is 0 Å². The summed E-state index contributed by atoms with van der Waals surface area (Å²) in [4.78, 5) is 42.7. The van der Waals surface area contributed by atoms with Gasteiger partial charge in [0.2, 0.25) is 17.7 Å². The van der Waals surface area contributed by atoms with Gasteiger partial charge in [0.15, 0.2) is 0 Å². The molecule has 1 fully saturated rings. The predicted octanol–water partition coefficient (Wildman–Crippen LogP) is 3.20. The smallest absolute Gasteiger partial charge is 0.255 e. The average Bonchev–Trinajstić information content (AvgIpc) is 3.38. The van der Waals surface area contributed by atoms with E-state index >= 15 is 0 Å². The Morgan fingerprint density at radius 2 is 1.91 bits per heavy atom. The number of carbonyl (C=O) groups is 3. The lowest BCUT2D eigenvalue weighted by atomic mass is 9.99. The van der Waals surface area contributed by atoms with Crippen molar-refractivity contribution in [1.82, 2.24) is 15.2 Å². The summed E-state index contributed by atoms with van der Waals surface area (Å²) in [7, 11) is 0. The van der Waals surface area contributed by atoms with Gasteiger partial charge in [-0.25, -0.2) is 4.98 Å². The topological polar surface area (TPSA) is 92.5 Å². The first-order valence-electron chi connectivity index (χ1n) is 10.8. The maximum atomic E-state index is 13.0. The summed E-state index contributed by atoms with van der Waals surface area (Å²) in [6.45, 7) is 2.41. The highest BCUT2D eigenvalue weighted by Crippen LogP contribution is 2.30. The third kappa shape index (κ3) is 3.70. The van der Waals surface area contributed by atoms with Crippen LogP contribution in [-0.4, -0.2) is 33.6 Å². The normalized spacial score (nSPS) is 18.1. The van der Waals surface area contributed by atoms with Gasteiger partial charge in [0.1, 0.15) is 11.8 Å². The number of aromatic nitrogens is 1. The van der Waals surface area contributed by atoms with Gasteiger partial charge in [0, 0.05) is 30.5 Å². The number of nitrogens with one attached hydrogen (secondary N) is 1. The number of amides is 3. The molecule has 2 aliphatic heterocycles. The molecule has 0 radical (unpaired) electrons. The van der Waals surface area contributed by atoms with Crippen LogP contribution >= 0.6 is 0 Å². The van der Waals surface area contributed by atoms with Crippen LogP contribution in [0.2, 0.25) is 0 Å². The number of benzene rings is 2. The van der Waals surface area contributed by atoms with Gasteiger partial charge in [-0.3, -0.25) is 19.7 Å². The van der Waals surface area contributed by atoms with E-state index < -0.39 is 11.9 Å². The Labute approximate surface area is 185 Å². The zero-order chi connectivity index (χ0) is 22.2. The molecule has 0 bridgehead atoms. The molecule has 2 aliphatic rings. The molecule has 5 rings (SSSR count). The van der Waals surface area contributed by atoms with Crippen molar-refractivity contribution in [3.05, 3.63) is 76.7 Å². The summed E-state index contributed by atoms with van der Waals surface area (Å²) in [5, 5.41) is 2.34. The van der Waals surface area contributed by atoms with Gasteiger partial charge in [-0.2, -0.15) is 0 Å². The highest BCUT2D eigenvalue weighted by atomic mass is 16.4. The van der Waals surface area contributed by atoms with Crippen LogP contribution in [0.3, 0.4) is 0 Å². The van der Waals surface area contributed by atoms with Crippen LogP contribution in [0.15, 0.2) is 53.1 Å². The Morgan fingerprint density at radius 1 is 1.09 bits per heavy atom. The molecule has 1 unspecified atom stereocenters. The summed E-state index contributed by atoms with van der Waals surface area (Å²) >= 11 is 0. The summed E-state index contributed by atoms with van der Waals surface area (Å²) < 4.78 is 5.94. The van der Waals surface area contributed by atoms with E-state index in [9.17, 15) is 14.4 Å². The Balaban J connectivity index is 1.31. The molecule has 7 heteroatoms. The van der Waals surface area contributed by atoms with Crippen molar-refractivity contribution >= 4 is 17.7 Å². The van der Waals surface area contributed by atoms with Gasteiger partial charge in [0.25, 0.3) is 5.91 Å². The number of piperidine rings is 1. The van der Waals surface area contributed by atoms with Crippen LogP contribution in [0, 0.1) is 6.92 Å². The lowest BCUT2D eigenvalue weighted by Gasteiger charge is -2.29. The summed E-state index contributed by atoms with van der Waals surface area (Å²) in [6, 6.07) is 13.1. The number of rotatable bonds is 5. The Morgan fingerprint density at radius 3 is 2.69 bits per heavy atom. The molecule has 3 heterocycles. The van der Waals surface area contributed by atoms with Crippen LogP contribution in [-0.2, 0) is 29.0 Å². The van der Waals surface area contributed by atoms with E-state index in [0.29, 0.717) is 37.3 Å². The van der Waals surface area contributed by atoms with E-state index in [0.717, 1.165) is 22.5 Å². The van der Waals surface area contributed by atoms with Gasteiger partial charge in [-0.15, -0.1) is 0 Å². The molecule has 0 spiro atoms. The van der Waals surface area contributed by atoms with Crippen molar-refractivity contribution in [2.24, 2.45) is 0 Å². The molecular weight excluding hydrogens is 406 g/mol. The average molecular weight is 429 g/mol. The lowest BCUT2D eigenvalue weighted by molar-refractivity contribution is -0.136. The number of fused-ring (bicyclic) bond motifs is 1. The van der Waals surface area contributed by atoms with Crippen LogP contribution in [0.25, 0.3) is 11.5 Å². The minimum absolute atomic E-state index is 0.155. The molecule has 3 amide bonds. The predicted molar refractivity (Wildman–Crippen MR) is 117 cm³/mol. The van der Waals surface area contributed by atoms with Gasteiger partial charge < -0.3 is 9.32 Å². The first-order valence-corrected chi connectivity index (χ1v) is 10.8. The van der Waals surface area contributed by atoms with Crippen LogP contribution in [0.4, 0.5) is 0 Å². The van der Waals surface area contributed by atoms with E-state index in [1.165, 1.54) is 5.56 Å². The van der Waals surface area contributed by atoms with Gasteiger partial charge in [-0.1, -0.05) is 29.8 Å². The van der Waals surface area contributed by atoms with Crippen molar-refractivity contribution in [3.8, 4) is 11.5 Å². The van der Waals surface area contributed by atoms with Crippen molar-refractivity contribution in [2.75, 3.05) is 0 Å². The third-order valence-corrected chi connectivity index (χ3v) is 6.17. The Kier molecular flexibility index (Phi) is 5.09.